The summed E-state index contributed by atoms with van der Waals surface area (Å²) < 4.78 is 29.5. The number of amides is 1. The van der Waals surface area contributed by atoms with Crippen LogP contribution in [0.3, 0.4) is 0 Å². The summed E-state index contributed by atoms with van der Waals surface area (Å²) in [7, 11) is -2.41. The van der Waals surface area contributed by atoms with E-state index in [0.717, 1.165) is 0 Å². The zero-order valence-corrected chi connectivity index (χ0v) is 13.3. The molecule has 1 atom stereocenters. The first-order chi connectivity index (χ1) is 9.30. The van der Waals surface area contributed by atoms with Gasteiger partial charge >= 0.3 is 0 Å². The van der Waals surface area contributed by atoms with Gasteiger partial charge in [0.1, 0.15) is 5.25 Å². The van der Waals surface area contributed by atoms with Gasteiger partial charge in [0, 0.05) is 18.7 Å². The fraction of sp³-hybridized carbons (Fsp3) is 0.417. The monoisotopic (exact) mass is 339 g/mol. The molecule has 0 fully saturated rings. The molecule has 1 amide bonds. The third-order valence-corrected chi connectivity index (χ3v) is 5.41. The van der Waals surface area contributed by atoms with Crippen molar-refractivity contribution in [1.82, 2.24) is 5.32 Å². The second-order valence-corrected chi connectivity index (χ2v) is 7.13. The van der Waals surface area contributed by atoms with Crippen LogP contribution < -0.4 is 5.32 Å². The maximum Gasteiger partial charge on any atom is 0.238 e. The lowest BCUT2D eigenvalue weighted by atomic mass is 10.4. The molecule has 0 heterocycles. The fourth-order valence-electron chi connectivity index (χ4n) is 1.45. The summed E-state index contributed by atoms with van der Waals surface area (Å²) in [5, 5.41) is 1.48. The van der Waals surface area contributed by atoms with Crippen molar-refractivity contribution in [2.24, 2.45) is 0 Å². The van der Waals surface area contributed by atoms with E-state index in [1.807, 2.05) is 0 Å². The first-order valence-electron chi connectivity index (χ1n) is 5.76. The summed E-state index contributed by atoms with van der Waals surface area (Å²) in [6.45, 7) is 1.84. The largest absolute Gasteiger partial charge is 0.383 e. The van der Waals surface area contributed by atoms with E-state index in [9.17, 15) is 13.2 Å². The topological polar surface area (TPSA) is 72.5 Å². The molecule has 0 aliphatic heterocycles. The predicted molar refractivity (Wildman–Crippen MR) is 78.0 cm³/mol. The van der Waals surface area contributed by atoms with E-state index in [-0.39, 0.29) is 21.5 Å². The molecule has 0 unspecified atom stereocenters. The van der Waals surface area contributed by atoms with Crippen LogP contribution in [0.4, 0.5) is 0 Å². The summed E-state index contributed by atoms with van der Waals surface area (Å²) in [4.78, 5) is 11.7. The SMILES string of the molecule is COCCNC(=O)[C@@H](C)S(=O)(=O)c1cc(Cl)ccc1Cl. The minimum Gasteiger partial charge on any atom is -0.383 e. The first-order valence-corrected chi connectivity index (χ1v) is 8.06. The number of nitrogens with one attached hydrogen (secondary N) is 1. The molecule has 0 saturated carbocycles. The minimum atomic E-state index is -3.90. The lowest BCUT2D eigenvalue weighted by Crippen LogP contribution is -2.39. The van der Waals surface area contributed by atoms with E-state index in [4.69, 9.17) is 27.9 Å². The van der Waals surface area contributed by atoms with Crippen LogP contribution >= 0.6 is 23.2 Å². The van der Waals surface area contributed by atoms with Gasteiger partial charge in [-0.1, -0.05) is 23.2 Å². The zero-order chi connectivity index (χ0) is 15.3. The molecule has 1 aromatic rings. The van der Waals surface area contributed by atoms with Gasteiger partial charge < -0.3 is 10.1 Å². The summed E-state index contributed by atoms with van der Waals surface area (Å²) in [6.07, 6.45) is 0. The van der Waals surface area contributed by atoms with Crippen LogP contribution in [0.15, 0.2) is 23.1 Å². The number of rotatable bonds is 6. The maximum absolute atomic E-state index is 12.3. The molecule has 112 valence electrons. The molecular formula is C12H15Cl2NO4S. The van der Waals surface area contributed by atoms with E-state index in [0.29, 0.717) is 6.61 Å². The van der Waals surface area contributed by atoms with Gasteiger partial charge in [0.15, 0.2) is 9.84 Å². The molecule has 1 rings (SSSR count). The van der Waals surface area contributed by atoms with Gasteiger partial charge in [-0.05, 0) is 25.1 Å². The van der Waals surface area contributed by atoms with Crippen LogP contribution in [0.25, 0.3) is 0 Å². The molecular weight excluding hydrogens is 325 g/mol. The molecule has 0 aliphatic rings. The van der Waals surface area contributed by atoms with E-state index >= 15 is 0 Å². The Balaban J connectivity index is 2.98. The van der Waals surface area contributed by atoms with Gasteiger partial charge in [0.05, 0.1) is 16.5 Å². The van der Waals surface area contributed by atoms with Crippen LogP contribution in [0.5, 0.6) is 0 Å². The molecule has 0 aromatic heterocycles. The van der Waals surface area contributed by atoms with Crippen LogP contribution in [0.1, 0.15) is 6.92 Å². The summed E-state index contributed by atoms with van der Waals surface area (Å²) in [5.74, 6) is -0.613. The molecule has 1 aromatic carbocycles. The number of benzene rings is 1. The molecule has 8 heteroatoms. The molecule has 0 saturated heterocycles. The van der Waals surface area contributed by atoms with Gasteiger partial charge in [-0.15, -0.1) is 0 Å². The van der Waals surface area contributed by atoms with Crippen LogP contribution in [0, 0.1) is 0 Å². The molecule has 0 radical (unpaired) electrons. The summed E-state index contributed by atoms with van der Waals surface area (Å²) >= 11 is 11.6. The van der Waals surface area contributed by atoms with Crippen molar-refractivity contribution in [3.63, 3.8) is 0 Å². The van der Waals surface area contributed by atoms with Crippen molar-refractivity contribution in [3.05, 3.63) is 28.2 Å². The Bertz CT molecular complexity index is 589. The highest BCUT2D eigenvalue weighted by Gasteiger charge is 2.31. The van der Waals surface area contributed by atoms with Gasteiger partial charge in [-0.3, -0.25) is 4.79 Å². The first kappa shape index (κ1) is 17.2. The summed E-state index contributed by atoms with van der Waals surface area (Å²) in [6, 6.07) is 4.09. The number of ether oxygens (including phenoxy) is 1. The Morgan fingerprint density at radius 2 is 2.05 bits per heavy atom. The van der Waals surface area contributed by atoms with E-state index in [2.05, 4.69) is 5.32 Å². The van der Waals surface area contributed by atoms with Crippen molar-refractivity contribution in [1.29, 1.82) is 0 Å². The molecule has 1 N–H and O–H groups in total. The predicted octanol–water partition coefficient (Wildman–Crippen LogP) is 1.92. The highest BCUT2D eigenvalue weighted by molar-refractivity contribution is 7.92. The summed E-state index contributed by atoms with van der Waals surface area (Å²) in [5.41, 5.74) is 0. The molecule has 0 bridgehead atoms. The number of sulfone groups is 1. The third kappa shape index (κ3) is 4.09. The molecule has 20 heavy (non-hydrogen) atoms. The number of halogens is 2. The number of carbonyl (C=O) groups excluding carboxylic acids is 1. The van der Waals surface area contributed by atoms with Crippen LogP contribution in [0.2, 0.25) is 10.0 Å². The second kappa shape index (κ2) is 7.26. The quantitative estimate of drug-likeness (QED) is 0.803. The van der Waals surface area contributed by atoms with Crippen LogP contribution in [-0.2, 0) is 19.4 Å². The Morgan fingerprint density at radius 1 is 1.40 bits per heavy atom. The second-order valence-electron chi connectivity index (χ2n) is 4.05. The van der Waals surface area contributed by atoms with Gasteiger partial charge in [0.2, 0.25) is 5.91 Å². The average molecular weight is 340 g/mol. The normalized spacial score (nSPS) is 13.0. The smallest absolute Gasteiger partial charge is 0.238 e. The maximum atomic E-state index is 12.3. The van der Waals surface area contributed by atoms with E-state index in [1.54, 1.807) is 0 Å². The van der Waals surface area contributed by atoms with Crippen molar-refractivity contribution in [2.75, 3.05) is 20.3 Å². The average Bonchev–Trinajstić information content (AvgIpc) is 2.40. The molecule has 0 aliphatic carbocycles. The standard InChI is InChI=1S/C12H15Cl2NO4S/c1-8(12(16)15-5-6-19-2)20(17,18)11-7-9(13)3-4-10(11)14/h3-4,7-8H,5-6H2,1-2H3,(H,15,16)/t8-/m1/s1. The number of hydrogen-bond acceptors (Lipinski definition) is 4. The highest BCUT2D eigenvalue weighted by atomic mass is 35.5. The minimum absolute atomic E-state index is 0.0333. The van der Waals surface area contributed by atoms with E-state index < -0.39 is 21.0 Å². The van der Waals surface area contributed by atoms with Crippen molar-refractivity contribution >= 4 is 38.9 Å². The van der Waals surface area contributed by atoms with Crippen LogP contribution in [-0.4, -0.2) is 39.8 Å². The number of carbonyl (C=O) groups is 1. The third-order valence-electron chi connectivity index (χ3n) is 2.64. The Morgan fingerprint density at radius 3 is 2.65 bits per heavy atom. The van der Waals surface area contributed by atoms with Crippen molar-refractivity contribution in [3.8, 4) is 0 Å². The van der Waals surface area contributed by atoms with Crippen molar-refractivity contribution < 1.29 is 17.9 Å². The highest BCUT2D eigenvalue weighted by Crippen LogP contribution is 2.28. The molecule has 0 spiro atoms. The van der Waals surface area contributed by atoms with Gasteiger partial charge in [0.25, 0.3) is 0 Å². The zero-order valence-electron chi connectivity index (χ0n) is 11.0. The van der Waals surface area contributed by atoms with Crippen molar-refractivity contribution in [2.45, 2.75) is 17.1 Å². The Hall–Kier alpha value is -0.820. The lowest BCUT2D eigenvalue weighted by Gasteiger charge is -2.14. The Labute approximate surface area is 128 Å². The lowest BCUT2D eigenvalue weighted by molar-refractivity contribution is -0.120. The Kier molecular flexibility index (Phi) is 6.26. The fourth-order valence-corrected chi connectivity index (χ4v) is 3.50. The molecule has 5 nitrogen and oxygen atoms in total. The number of hydrogen-bond donors (Lipinski definition) is 1. The van der Waals surface area contributed by atoms with Gasteiger partial charge in [-0.2, -0.15) is 0 Å². The van der Waals surface area contributed by atoms with Gasteiger partial charge in [-0.25, -0.2) is 8.42 Å². The van der Waals surface area contributed by atoms with E-state index in [1.165, 1.54) is 32.2 Å². The number of methoxy groups -OCH3 is 1.